The molecule has 1 aromatic rings. The summed E-state index contributed by atoms with van der Waals surface area (Å²) < 4.78 is 5.35. The molecule has 2 amide bonds. The fourth-order valence-corrected chi connectivity index (χ4v) is 4.74. The van der Waals surface area contributed by atoms with E-state index in [0.717, 1.165) is 13.1 Å². The first-order valence-corrected chi connectivity index (χ1v) is 10.6. The Labute approximate surface area is 173 Å². The Morgan fingerprint density at radius 3 is 2.66 bits per heavy atom. The zero-order valence-electron chi connectivity index (χ0n) is 17.5. The Morgan fingerprint density at radius 2 is 1.86 bits per heavy atom. The number of ether oxygens (including phenoxy) is 1. The minimum atomic E-state index is -0.149. The van der Waals surface area contributed by atoms with Crippen LogP contribution in [0, 0.1) is 11.8 Å². The van der Waals surface area contributed by atoms with Crippen LogP contribution in [0.25, 0.3) is 0 Å². The predicted octanol–water partition coefficient (Wildman–Crippen LogP) is 0.675. The Bertz CT molecular complexity index is 762. The van der Waals surface area contributed by atoms with E-state index in [4.69, 9.17) is 4.74 Å². The third-order valence-corrected chi connectivity index (χ3v) is 6.32. The maximum atomic E-state index is 13.1. The standard InChI is InChI=1S/C22H32N4O3/c1-24-14-17-4-3-16(9-20(17)15-24)13-25(2)21(27)18-10-19(12-23-11-18)22(28)26-5-7-29-8-6-26/h3-4,9,18-19,23H,5-8,10-15H2,1-2H3. The van der Waals surface area contributed by atoms with Gasteiger partial charge in [-0.3, -0.25) is 14.5 Å². The van der Waals surface area contributed by atoms with Gasteiger partial charge in [-0.05, 0) is 30.2 Å². The second-order valence-corrected chi connectivity index (χ2v) is 8.70. The summed E-state index contributed by atoms with van der Waals surface area (Å²) in [4.78, 5) is 31.9. The van der Waals surface area contributed by atoms with Crippen molar-refractivity contribution in [2.24, 2.45) is 11.8 Å². The van der Waals surface area contributed by atoms with Gasteiger partial charge in [0.05, 0.1) is 25.0 Å². The lowest BCUT2D eigenvalue weighted by Gasteiger charge is -2.35. The van der Waals surface area contributed by atoms with Crippen LogP contribution in [-0.4, -0.2) is 80.0 Å². The molecular formula is C22H32N4O3. The lowest BCUT2D eigenvalue weighted by atomic mass is 9.88. The highest BCUT2D eigenvalue weighted by molar-refractivity contribution is 5.83. The number of rotatable bonds is 4. The average molecular weight is 401 g/mol. The first kappa shape index (κ1) is 20.3. The van der Waals surface area contributed by atoms with E-state index in [-0.39, 0.29) is 23.7 Å². The smallest absolute Gasteiger partial charge is 0.227 e. The van der Waals surface area contributed by atoms with Gasteiger partial charge in [-0.2, -0.15) is 0 Å². The van der Waals surface area contributed by atoms with Crippen molar-refractivity contribution in [3.05, 3.63) is 34.9 Å². The maximum absolute atomic E-state index is 13.1. The van der Waals surface area contributed by atoms with Gasteiger partial charge < -0.3 is 19.9 Å². The van der Waals surface area contributed by atoms with Crippen molar-refractivity contribution in [2.75, 3.05) is 53.5 Å². The quantitative estimate of drug-likeness (QED) is 0.805. The number of hydrogen-bond donors (Lipinski definition) is 1. The van der Waals surface area contributed by atoms with Crippen molar-refractivity contribution in [1.82, 2.24) is 20.0 Å². The van der Waals surface area contributed by atoms with E-state index >= 15 is 0 Å². The van der Waals surface area contributed by atoms with E-state index in [2.05, 4.69) is 35.5 Å². The molecule has 2 fully saturated rings. The van der Waals surface area contributed by atoms with E-state index in [9.17, 15) is 9.59 Å². The van der Waals surface area contributed by atoms with Gasteiger partial charge in [0.15, 0.2) is 0 Å². The number of nitrogens with one attached hydrogen (secondary N) is 1. The number of hydrogen-bond acceptors (Lipinski definition) is 5. The molecule has 0 saturated carbocycles. The molecule has 7 nitrogen and oxygen atoms in total. The van der Waals surface area contributed by atoms with Crippen molar-refractivity contribution in [3.63, 3.8) is 0 Å². The van der Waals surface area contributed by atoms with Crippen molar-refractivity contribution in [1.29, 1.82) is 0 Å². The van der Waals surface area contributed by atoms with Crippen LogP contribution in [-0.2, 0) is 34.0 Å². The molecule has 0 spiro atoms. The van der Waals surface area contributed by atoms with Crippen molar-refractivity contribution >= 4 is 11.8 Å². The summed E-state index contributed by atoms with van der Waals surface area (Å²) in [5, 5.41) is 3.31. The van der Waals surface area contributed by atoms with Gasteiger partial charge in [0.25, 0.3) is 0 Å². The average Bonchev–Trinajstić information content (AvgIpc) is 3.12. The number of carbonyl (C=O) groups is 2. The van der Waals surface area contributed by atoms with Crippen LogP contribution < -0.4 is 5.32 Å². The van der Waals surface area contributed by atoms with Crippen molar-refractivity contribution in [2.45, 2.75) is 26.1 Å². The van der Waals surface area contributed by atoms with Crippen LogP contribution in [0.2, 0.25) is 0 Å². The second kappa shape index (κ2) is 8.81. The molecule has 2 saturated heterocycles. The monoisotopic (exact) mass is 400 g/mol. The minimum absolute atomic E-state index is 0.120. The van der Waals surface area contributed by atoms with E-state index in [1.54, 1.807) is 0 Å². The topological polar surface area (TPSA) is 65.1 Å². The lowest BCUT2D eigenvalue weighted by Crippen LogP contribution is -2.51. The molecule has 7 heteroatoms. The van der Waals surface area contributed by atoms with E-state index < -0.39 is 0 Å². The van der Waals surface area contributed by atoms with Gasteiger partial charge in [-0.1, -0.05) is 18.2 Å². The fraction of sp³-hybridized carbons (Fsp3) is 0.636. The predicted molar refractivity (Wildman–Crippen MR) is 110 cm³/mol. The summed E-state index contributed by atoms with van der Waals surface area (Å²) in [6.07, 6.45) is 0.626. The molecule has 0 aromatic heterocycles. The van der Waals surface area contributed by atoms with Crippen molar-refractivity contribution in [3.8, 4) is 0 Å². The fourth-order valence-electron chi connectivity index (χ4n) is 4.74. The summed E-state index contributed by atoms with van der Waals surface area (Å²) in [6.45, 7) is 6.39. The zero-order chi connectivity index (χ0) is 20.4. The van der Waals surface area contributed by atoms with Crippen LogP contribution in [0.1, 0.15) is 23.1 Å². The minimum Gasteiger partial charge on any atom is -0.378 e. The molecule has 4 rings (SSSR count). The van der Waals surface area contributed by atoms with Crippen LogP contribution in [0.5, 0.6) is 0 Å². The van der Waals surface area contributed by atoms with Gasteiger partial charge in [-0.15, -0.1) is 0 Å². The van der Waals surface area contributed by atoms with Crippen LogP contribution >= 0.6 is 0 Å². The molecular weight excluding hydrogens is 368 g/mol. The summed E-state index contributed by atoms with van der Waals surface area (Å²) in [7, 11) is 4.00. The van der Waals surface area contributed by atoms with Crippen molar-refractivity contribution < 1.29 is 14.3 Å². The Hall–Kier alpha value is -1.96. The Kier molecular flexibility index (Phi) is 6.18. The highest BCUT2D eigenvalue weighted by Gasteiger charge is 2.34. The third-order valence-electron chi connectivity index (χ3n) is 6.32. The summed E-state index contributed by atoms with van der Waals surface area (Å²) in [6, 6.07) is 6.55. The molecule has 29 heavy (non-hydrogen) atoms. The molecule has 3 aliphatic heterocycles. The maximum Gasteiger partial charge on any atom is 0.227 e. The van der Waals surface area contributed by atoms with Gasteiger partial charge in [0.1, 0.15) is 0 Å². The van der Waals surface area contributed by atoms with E-state index in [0.29, 0.717) is 52.4 Å². The molecule has 1 N–H and O–H groups in total. The van der Waals surface area contributed by atoms with Gasteiger partial charge in [0.2, 0.25) is 11.8 Å². The molecule has 2 unspecified atom stereocenters. The zero-order valence-corrected chi connectivity index (χ0v) is 17.5. The molecule has 158 valence electrons. The summed E-state index contributed by atoms with van der Waals surface area (Å²) >= 11 is 0. The number of piperidine rings is 1. The number of carbonyl (C=O) groups excluding carboxylic acids is 2. The normalized spacial score (nSPS) is 25.0. The molecule has 0 bridgehead atoms. The first-order valence-electron chi connectivity index (χ1n) is 10.6. The number of morpholine rings is 1. The molecule has 3 aliphatic rings. The molecule has 1 aromatic carbocycles. The van der Waals surface area contributed by atoms with Gasteiger partial charge >= 0.3 is 0 Å². The third kappa shape index (κ3) is 4.63. The molecule has 0 aliphatic carbocycles. The lowest BCUT2D eigenvalue weighted by molar-refractivity contribution is -0.143. The highest BCUT2D eigenvalue weighted by Crippen LogP contribution is 2.24. The molecule has 2 atom stereocenters. The van der Waals surface area contributed by atoms with Crippen LogP contribution in [0.4, 0.5) is 0 Å². The number of fused-ring (bicyclic) bond motifs is 1. The summed E-state index contributed by atoms with van der Waals surface area (Å²) in [5.74, 6) is 0.00215. The Morgan fingerprint density at radius 1 is 1.14 bits per heavy atom. The SMILES string of the molecule is CN1Cc2ccc(CN(C)C(=O)C3CNCC(C(=O)N4CCOCC4)C3)cc2C1. The first-order chi connectivity index (χ1) is 14.0. The summed E-state index contributed by atoms with van der Waals surface area (Å²) in [5.41, 5.74) is 3.91. The van der Waals surface area contributed by atoms with Crippen LogP contribution in [0.3, 0.4) is 0 Å². The van der Waals surface area contributed by atoms with Crippen LogP contribution in [0.15, 0.2) is 18.2 Å². The largest absolute Gasteiger partial charge is 0.378 e. The van der Waals surface area contributed by atoms with E-state index in [1.807, 2.05) is 16.8 Å². The number of amides is 2. The number of benzene rings is 1. The molecule has 3 heterocycles. The van der Waals surface area contributed by atoms with Gasteiger partial charge in [0, 0.05) is 52.9 Å². The second-order valence-electron chi connectivity index (χ2n) is 8.70. The van der Waals surface area contributed by atoms with Gasteiger partial charge in [-0.25, -0.2) is 0 Å². The Balaban J connectivity index is 1.34. The molecule has 0 radical (unpaired) electrons. The highest BCUT2D eigenvalue weighted by atomic mass is 16.5. The van der Waals surface area contributed by atoms with E-state index in [1.165, 1.54) is 16.7 Å². The number of nitrogens with zero attached hydrogens (tertiary/aromatic N) is 3.